The van der Waals surface area contributed by atoms with Crippen LogP contribution in [0.4, 0.5) is 11.4 Å². The van der Waals surface area contributed by atoms with Crippen molar-refractivity contribution >= 4 is 63.4 Å². The highest BCUT2D eigenvalue weighted by atomic mass is 35.5. The first-order valence-corrected chi connectivity index (χ1v) is 8.47. The van der Waals surface area contributed by atoms with E-state index in [1.165, 1.54) is 42.5 Å². The molecule has 3 aromatic rings. The van der Waals surface area contributed by atoms with Gasteiger partial charge in [0.25, 0.3) is 5.69 Å². The number of H-pyrrole nitrogens is 1. The maximum absolute atomic E-state index is 12.1. The molecule has 0 unspecified atom stereocenters. The SMILES string of the molecule is O=C(/C=C/c1c(C(=O)[O-])[nH]c2cc(Cl)cc(Cl)c12)Nc1ccc([N+](=O)[O-])cc1. The molecule has 0 atom stereocenters. The number of hydrogen-bond acceptors (Lipinski definition) is 5. The van der Waals surface area contributed by atoms with Crippen molar-refractivity contribution in [1.82, 2.24) is 4.98 Å². The molecule has 0 fully saturated rings. The number of hydrogen-bond donors (Lipinski definition) is 2. The molecule has 8 nitrogen and oxygen atoms in total. The van der Waals surface area contributed by atoms with Gasteiger partial charge in [0.1, 0.15) is 0 Å². The van der Waals surface area contributed by atoms with Crippen molar-refractivity contribution in [1.29, 1.82) is 0 Å². The maximum Gasteiger partial charge on any atom is 0.269 e. The number of aromatic carboxylic acids is 1. The van der Waals surface area contributed by atoms with Crippen LogP contribution in [0, 0.1) is 10.1 Å². The average Bonchev–Trinajstić information content (AvgIpc) is 2.99. The molecular formula is C18H10Cl2N3O5-. The van der Waals surface area contributed by atoms with Crippen molar-refractivity contribution in [3.05, 3.63) is 73.9 Å². The Morgan fingerprint density at radius 3 is 2.43 bits per heavy atom. The van der Waals surface area contributed by atoms with Crippen LogP contribution in [-0.4, -0.2) is 21.8 Å². The minimum atomic E-state index is -1.47. The molecule has 10 heteroatoms. The monoisotopic (exact) mass is 418 g/mol. The number of aromatic nitrogens is 1. The van der Waals surface area contributed by atoms with Crippen LogP contribution in [0.3, 0.4) is 0 Å². The number of fused-ring (bicyclic) bond motifs is 1. The Hall–Kier alpha value is -3.36. The summed E-state index contributed by atoms with van der Waals surface area (Å²) >= 11 is 12.1. The molecule has 0 aliphatic carbocycles. The summed E-state index contributed by atoms with van der Waals surface area (Å²) in [6, 6.07) is 8.20. The fraction of sp³-hybridized carbons (Fsp3) is 0. The molecule has 1 heterocycles. The number of carbonyl (C=O) groups excluding carboxylic acids is 2. The molecule has 142 valence electrons. The fourth-order valence-corrected chi connectivity index (χ4v) is 3.21. The minimum absolute atomic E-state index is 0.112. The molecule has 1 amide bonds. The lowest BCUT2D eigenvalue weighted by molar-refractivity contribution is -0.384. The van der Waals surface area contributed by atoms with E-state index in [0.29, 0.717) is 21.6 Å². The van der Waals surface area contributed by atoms with Crippen LogP contribution in [0.15, 0.2) is 42.5 Å². The summed E-state index contributed by atoms with van der Waals surface area (Å²) in [6.45, 7) is 0. The number of nitrogens with zero attached hydrogens (tertiary/aromatic N) is 1. The van der Waals surface area contributed by atoms with Gasteiger partial charge >= 0.3 is 0 Å². The molecule has 0 bridgehead atoms. The summed E-state index contributed by atoms with van der Waals surface area (Å²) < 4.78 is 0. The van der Waals surface area contributed by atoms with E-state index in [-0.39, 0.29) is 22.0 Å². The van der Waals surface area contributed by atoms with E-state index in [1.807, 2.05) is 0 Å². The topological polar surface area (TPSA) is 128 Å². The Morgan fingerprint density at radius 1 is 1.14 bits per heavy atom. The van der Waals surface area contributed by atoms with Crippen molar-refractivity contribution in [3.63, 3.8) is 0 Å². The van der Waals surface area contributed by atoms with Gasteiger partial charge in [0.05, 0.1) is 21.6 Å². The van der Waals surface area contributed by atoms with Gasteiger partial charge in [-0.2, -0.15) is 0 Å². The van der Waals surface area contributed by atoms with Crippen LogP contribution >= 0.6 is 23.2 Å². The highest BCUT2D eigenvalue weighted by Crippen LogP contribution is 2.33. The number of carbonyl (C=O) groups is 2. The van der Waals surface area contributed by atoms with Crippen molar-refractivity contribution in [3.8, 4) is 0 Å². The first-order valence-electron chi connectivity index (χ1n) is 7.72. The lowest BCUT2D eigenvalue weighted by Crippen LogP contribution is -2.23. The number of benzene rings is 2. The molecule has 0 aliphatic rings. The van der Waals surface area contributed by atoms with Crippen LogP contribution in [0.1, 0.15) is 16.1 Å². The number of halogens is 2. The number of anilines is 1. The predicted octanol–water partition coefficient (Wildman–Crippen LogP) is 3.40. The van der Waals surface area contributed by atoms with Gasteiger partial charge < -0.3 is 20.2 Å². The Morgan fingerprint density at radius 2 is 1.82 bits per heavy atom. The van der Waals surface area contributed by atoms with Crippen molar-refractivity contribution in [2.75, 3.05) is 5.32 Å². The lowest BCUT2D eigenvalue weighted by atomic mass is 10.1. The van der Waals surface area contributed by atoms with E-state index >= 15 is 0 Å². The number of nitrogens with one attached hydrogen (secondary N) is 2. The van der Waals surface area contributed by atoms with Gasteiger partial charge in [-0.3, -0.25) is 14.9 Å². The number of nitro benzene ring substituents is 1. The summed E-state index contributed by atoms with van der Waals surface area (Å²) in [5.41, 5.74) is 0.518. The van der Waals surface area contributed by atoms with Gasteiger partial charge in [-0.25, -0.2) is 0 Å². The number of rotatable bonds is 5. The molecule has 2 N–H and O–H groups in total. The van der Waals surface area contributed by atoms with Crippen molar-refractivity contribution < 1.29 is 19.6 Å². The Labute approximate surface area is 167 Å². The molecule has 0 saturated carbocycles. The van der Waals surface area contributed by atoms with Crippen molar-refractivity contribution in [2.24, 2.45) is 0 Å². The molecule has 0 radical (unpaired) electrons. The Kier molecular flexibility index (Phi) is 5.34. The molecule has 28 heavy (non-hydrogen) atoms. The third-order valence-electron chi connectivity index (χ3n) is 3.80. The van der Waals surface area contributed by atoms with E-state index in [0.717, 1.165) is 6.08 Å². The Balaban J connectivity index is 1.89. The van der Waals surface area contributed by atoms with Crippen LogP contribution in [0.5, 0.6) is 0 Å². The number of carboxylic acid groups (broad SMARTS) is 1. The normalized spacial score (nSPS) is 11.1. The number of non-ortho nitro benzene ring substituents is 1. The largest absolute Gasteiger partial charge is 0.543 e. The van der Waals surface area contributed by atoms with E-state index in [9.17, 15) is 24.8 Å². The summed E-state index contributed by atoms with van der Waals surface area (Å²) in [6.07, 6.45) is 2.39. The van der Waals surface area contributed by atoms with Crippen LogP contribution in [-0.2, 0) is 4.79 Å². The van der Waals surface area contributed by atoms with E-state index < -0.39 is 16.8 Å². The van der Waals surface area contributed by atoms with Crippen LogP contribution in [0.2, 0.25) is 10.0 Å². The molecule has 0 saturated heterocycles. The third-order valence-corrected chi connectivity index (χ3v) is 4.32. The van der Waals surface area contributed by atoms with Gasteiger partial charge in [-0.05, 0) is 30.3 Å². The van der Waals surface area contributed by atoms with E-state index in [1.54, 1.807) is 0 Å². The zero-order valence-electron chi connectivity index (χ0n) is 13.9. The highest BCUT2D eigenvalue weighted by Gasteiger charge is 2.14. The Bertz CT molecular complexity index is 1140. The number of nitro groups is 1. The first-order chi connectivity index (χ1) is 13.3. The molecule has 2 aromatic carbocycles. The van der Waals surface area contributed by atoms with Crippen molar-refractivity contribution in [2.45, 2.75) is 0 Å². The van der Waals surface area contributed by atoms with Crippen LogP contribution in [0.25, 0.3) is 17.0 Å². The number of carboxylic acids is 1. The summed E-state index contributed by atoms with van der Waals surface area (Å²) in [5.74, 6) is -2.04. The zero-order valence-corrected chi connectivity index (χ0v) is 15.4. The lowest BCUT2D eigenvalue weighted by Gasteiger charge is -2.03. The second-order valence-electron chi connectivity index (χ2n) is 5.64. The fourth-order valence-electron chi connectivity index (χ4n) is 2.61. The summed E-state index contributed by atoms with van der Waals surface area (Å²) in [7, 11) is 0. The molecular weight excluding hydrogens is 409 g/mol. The van der Waals surface area contributed by atoms with E-state index in [2.05, 4.69) is 10.3 Å². The van der Waals surface area contributed by atoms with Gasteiger partial charge in [0.2, 0.25) is 5.91 Å². The highest BCUT2D eigenvalue weighted by molar-refractivity contribution is 6.39. The smallest absolute Gasteiger partial charge is 0.269 e. The second kappa shape index (κ2) is 7.71. The minimum Gasteiger partial charge on any atom is -0.543 e. The zero-order chi connectivity index (χ0) is 20.4. The molecule has 3 rings (SSSR count). The van der Waals surface area contributed by atoms with E-state index in [4.69, 9.17) is 23.2 Å². The van der Waals surface area contributed by atoms with Gasteiger partial charge in [-0.1, -0.05) is 23.2 Å². The standard InChI is InChI=1S/C18H11Cl2N3O5/c19-9-7-13(20)16-12(17(18(25)26)22-14(16)8-9)5-6-15(24)21-10-1-3-11(4-2-10)23(27)28/h1-8,22H,(H,21,24)(H,25,26)/p-1/b6-5+. The molecule has 1 aromatic heterocycles. The number of amides is 1. The van der Waals surface area contributed by atoms with Gasteiger partial charge in [0, 0.05) is 45.4 Å². The third kappa shape index (κ3) is 3.98. The molecule has 0 aliphatic heterocycles. The molecule has 0 spiro atoms. The van der Waals surface area contributed by atoms with Gasteiger partial charge in [0.15, 0.2) is 0 Å². The summed E-state index contributed by atoms with van der Waals surface area (Å²) in [5, 5.41) is 25.5. The predicted molar refractivity (Wildman–Crippen MR) is 103 cm³/mol. The van der Waals surface area contributed by atoms with Gasteiger partial charge in [-0.15, -0.1) is 0 Å². The van der Waals surface area contributed by atoms with Crippen LogP contribution < -0.4 is 10.4 Å². The average molecular weight is 419 g/mol. The number of aromatic amines is 1. The quantitative estimate of drug-likeness (QED) is 0.372. The second-order valence-corrected chi connectivity index (χ2v) is 6.48. The summed E-state index contributed by atoms with van der Waals surface area (Å²) in [4.78, 5) is 36.3. The first kappa shape index (κ1) is 19.4. The maximum atomic E-state index is 12.1.